The molecule has 0 aliphatic carbocycles. The van der Waals surface area contributed by atoms with Crippen molar-refractivity contribution in [3.63, 3.8) is 0 Å². The highest BCUT2D eigenvalue weighted by atomic mass is 32.2. The average molecular weight is 672 g/mol. The summed E-state index contributed by atoms with van der Waals surface area (Å²) in [6.45, 7) is 14.7. The molecule has 1 atom stereocenters. The minimum Gasteiger partial charge on any atom is -0.399 e. The Bertz CT molecular complexity index is 1710. The third-order valence-corrected chi connectivity index (χ3v) is 7.86. The van der Waals surface area contributed by atoms with E-state index in [2.05, 4.69) is 51.9 Å². The predicted molar refractivity (Wildman–Crippen MR) is 189 cm³/mol. The van der Waals surface area contributed by atoms with Crippen molar-refractivity contribution in [2.24, 2.45) is 5.73 Å². The van der Waals surface area contributed by atoms with E-state index < -0.39 is 22.5 Å². The van der Waals surface area contributed by atoms with Crippen LogP contribution < -0.4 is 11.1 Å². The Labute approximate surface area is 276 Å². The fraction of sp³-hybridized carbons (Fsp3) is 0.333. The fourth-order valence-electron chi connectivity index (χ4n) is 4.54. The molecule has 47 heavy (non-hydrogen) atoms. The van der Waals surface area contributed by atoms with Crippen molar-refractivity contribution < 1.29 is 17.4 Å². The number of pyridine rings is 2. The molecule has 1 aliphatic heterocycles. The summed E-state index contributed by atoms with van der Waals surface area (Å²) in [5.41, 5.74) is 8.51. The van der Waals surface area contributed by atoms with Crippen molar-refractivity contribution in [2.75, 3.05) is 54.1 Å². The number of nitrogens with two attached hydrogens (primary N) is 1. The average Bonchev–Trinajstić information content (AvgIpc) is 3.49. The summed E-state index contributed by atoms with van der Waals surface area (Å²) in [5.74, 6) is 0.612. The van der Waals surface area contributed by atoms with Crippen LogP contribution in [-0.4, -0.2) is 95.0 Å². The van der Waals surface area contributed by atoms with E-state index in [1.54, 1.807) is 18.3 Å². The molecule has 4 heterocycles. The van der Waals surface area contributed by atoms with Crippen molar-refractivity contribution in [3.8, 4) is 11.3 Å². The lowest BCUT2D eigenvalue weighted by molar-refractivity contribution is -0.136. The molecule has 3 aromatic heterocycles. The first-order valence-electron chi connectivity index (χ1n) is 14.4. The summed E-state index contributed by atoms with van der Waals surface area (Å²) in [5, 5.41) is 16.3. The third-order valence-electron chi connectivity index (χ3n) is 6.59. The third kappa shape index (κ3) is 10.6. The number of H-pyrrole nitrogens is 1. The highest BCUT2D eigenvalue weighted by Gasteiger charge is 2.36. The van der Waals surface area contributed by atoms with E-state index in [9.17, 15) is 17.4 Å². The Morgan fingerprint density at radius 2 is 1.79 bits per heavy atom. The maximum Gasteiger partial charge on any atom is 0.418 e. The summed E-state index contributed by atoms with van der Waals surface area (Å²) in [7, 11) is 8.82. The Morgan fingerprint density at radius 1 is 1.15 bits per heavy atom. The standard InChI is InChI=1S/C25H25F3N6OS.C4H7N.C3H9N.CH3N/c1-14(29-7-8-34(2)3)20-5-4-15(11-30-20)23-18-13-36(35)9-6-16(18)22-17-12-31-33-21(17)10-19(24(22)32-23)25(26,27)28;1-3-4(2)5;1-4(2)3;1-2/h4-5,10-12,29H,1,6-9,13H2,2-3H3,(H,31,33);3H,1-2,5H2;1-3H3;2H,1H2. The van der Waals surface area contributed by atoms with E-state index in [-0.39, 0.29) is 11.3 Å². The highest BCUT2D eigenvalue weighted by Crippen LogP contribution is 2.42. The van der Waals surface area contributed by atoms with Gasteiger partial charge < -0.3 is 26.3 Å². The van der Waals surface area contributed by atoms with Gasteiger partial charge in [0.1, 0.15) is 0 Å². The van der Waals surface area contributed by atoms with Gasteiger partial charge in [-0.1, -0.05) is 19.7 Å². The van der Waals surface area contributed by atoms with Gasteiger partial charge in [0.15, 0.2) is 0 Å². The minimum absolute atomic E-state index is 0.128. The fourth-order valence-corrected chi connectivity index (χ4v) is 5.75. The van der Waals surface area contributed by atoms with E-state index in [4.69, 9.17) is 11.1 Å². The van der Waals surface area contributed by atoms with E-state index in [0.717, 1.165) is 18.2 Å². The number of benzene rings is 1. The van der Waals surface area contributed by atoms with Gasteiger partial charge >= 0.3 is 6.18 Å². The van der Waals surface area contributed by atoms with Crippen LogP contribution in [0.15, 0.2) is 62.1 Å². The topological polar surface area (TPSA) is 140 Å². The molecule has 5 rings (SSSR count). The number of hydrogen-bond donors (Lipinski definition) is 4. The van der Waals surface area contributed by atoms with E-state index in [1.807, 2.05) is 45.0 Å². The number of aromatic amines is 1. The first kappa shape index (κ1) is 38.8. The van der Waals surface area contributed by atoms with Gasteiger partial charge in [-0.3, -0.25) is 14.3 Å². The van der Waals surface area contributed by atoms with Gasteiger partial charge in [0.25, 0.3) is 0 Å². The van der Waals surface area contributed by atoms with Crippen LogP contribution in [0.2, 0.25) is 0 Å². The lowest BCUT2D eigenvalue weighted by Crippen LogP contribution is -2.25. The van der Waals surface area contributed by atoms with Gasteiger partial charge in [0, 0.05) is 57.9 Å². The zero-order chi connectivity index (χ0) is 35.5. The predicted octanol–water partition coefficient (Wildman–Crippen LogP) is 5.21. The zero-order valence-corrected chi connectivity index (χ0v) is 28.4. The molecule has 0 saturated heterocycles. The number of alkyl halides is 3. The molecular weight excluding hydrogens is 627 g/mol. The van der Waals surface area contributed by atoms with Crippen molar-refractivity contribution in [2.45, 2.75) is 18.3 Å². The number of allylic oxidation sites excluding steroid dienone is 1. The molecule has 1 aromatic carbocycles. The van der Waals surface area contributed by atoms with Gasteiger partial charge in [-0.25, -0.2) is 4.98 Å². The molecule has 0 bridgehead atoms. The van der Waals surface area contributed by atoms with Crippen molar-refractivity contribution >= 4 is 45.0 Å². The summed E-state index contributed by atoms with van der Waals surface area (Å²) >= 11 is 0. The minimum atomic E-state index is -4.61. The molecular formula is C33H44F3N9OS. The van der Waals surface area contributed by atoms with Gasteiger partial charge in [0.05, 0.1) is 45.6 Å². The van der Waals surface area contributed by atoms with Gasteiger partial charge in [-0.05, 0) is 83.8 Å². The van der Waals surface area contributed by atoms with Crippen LogP contribution in [-0.2, 0) is 29.1 Å². The monoisotopic (exact) mass is 671 g/mol. The maximum absolute atomic E-state index is 14.1. The van der Waals surface area contributed by atoms with Crippen LogP contribution in [0.5, 0.6) is 0 Å². The van der Waals surface area contributed by atoms with Crippen molar-refractivity contribution in [3.05, 3.63) is 84.5 Å². The number of halogens is 3. The molecule has 0 radical (unpaired) electrons. The lowest BCUT2D eigenvalue weighted by Gasteiger charge is -2.23. The Morgan fingerprint density at radius 3 is 2.32 bits per heavy atom. The number of nitrogens with zero attached hydrogens (tertiary/aromatic N) is 5. The highest BCUT2D eigenvalue weighted by molar-refractivity contribution is 7.84. The molecule has 5 N–H and O–H groups in total. The summed E-state index contributed by atoms with van der Waals surface area (Å²) in [6, 6.07) is 4.60. The summed E-state index contributed by atoms with van der Waals surface area (Å²) < 4.78 is 54.9. The molecule has 1 aliphatic rings. The van der Waals surface area contributed by atoms with Crippen LogP contribution in [0.4, 0.5) is 13.2 Å². The largest absolute Gasteiger partial charge is 0.418 e. The Kier molecular flexibility index (Phi) is 14.4. The Hall–Kier alpha value is -4.40. The van der Waals surface area contributed by atoms with Crippen LogP contribution in [0.1, 0.15) is 22.4 Å². The van der Waals surface area contributed by atoms with E-state index >= 15 is 0 Å². The Balaban J connectivity index is 0.000000612. The quantitative estimate of drug-likeness (QED) is 0.155. The zero-order valence-electron chi connectivity index (χ0n) is 27.6. The van der Waals surface area contributed by atoms with Crippen LogP contribution in [0.25, 0.3) is 38.8 Å². The number of likely N-dealkylation sites (N-methyl/N-ethyl adjacent to an activating group) is 1. The molecule has 254 valence electrons. The normalized spacial score (nSPS) is 13.8. The number of nitrogens with one attached hydrogen (secondary N) is 3. The van der Waals surface area contributed by atoms with E-state index in [1.165, 1.54) is 12.3 Å². The number of aryl methyl sites for hydroxylation is 1. The SMILES string of the molecule is C=C(NCCN(C)C)c1ccc(-c2nc3c(C(F)(F)F)cc4[nH]ncc4c3c3c2CS(=O)CC3)cn1.C=CC(=C)N.C=N.CN(C)C. The number of rotatable bonds is 7. The maximum atomic E-state index is 14.1. The molecule has 1 unspecified atom stereocenters. The molecule has 0 spiro atoms. The molecule has 14 heteroatoms. The van der Waals surface area contributed by atoms with Crippen molar-refractivity contribution in [1.82, 2.24) is 35.3 Å². The van der Waals surface area contributed by atoms with Crippen LogP contribution in [0, 0.1) is 5.41 Å². The second-order valence-corrected chi connectivity index (χ2v) is 12.8. The van der Waals surface area contributed by atoms with Crippen molar-refractivity contribution in [1.29, 1.82) is 5.41 Å². The summed E-state index contributed by atoms with van der Waals surface area (Å²) in [6.07, 6.45) is 0.402. The molecule has 4 aromatic rings. The first-order valence-corrected chi connectivity index (χ1v) is 15.9. The smallest absolute Gasteiger partial charge is 0.399 e. The lowest BCUT2D eigenvalue weighted by atomic mass is 9.92. The first-order chi connectivity index (χ1) is 22.1. The van der Waals surface area contributed by atoms with Gasteiger partial charge in [0.2, 0.25) is 0 Å². The second-order valence-electron chi connectivity index (χ2n) is 11.2. The second kappa shape index (κ2) is 17.5. The number of aromatic nitrogens is 4. The van der Waals surface area contributed by atoms with Crippen LogP contribution in [0.3, 0.4) is 0 Å². The number of fused-ring (bicyclic) bond motifs is 5. The van der Waals surface area contributed by atoms with Gasteiger partial charge in [-0.2, -0.15) is 18.3 Å². The molecule has 0 fully saturated rings. The van der Waals surface area contributed by atoms with E-state index in [0.29, 0.717) is 68.9 Å². The summed E-state index contributed by atoms with van der Waals surface area (Å²) in [4.78, 5) is 13.1. The van der Waals surface area contributed by atoms with Crippen LogP contribution >= 0.6 is 0 Å². The van der Waals surface area contributed by atoms with Gasteiger partial charge in [-0.15, -0.1) is 0 Å². The molecule has 0 saturated carbocycles. The molecule has 0 amide bonds. The number of hydrogen-bond acceptors (Lipinski definition) is 9. The molecule has 10 nitrogen and oxygen atoms in total.